The van der Waals surface area contributed by atoms with E-state index in [2.05, 4.69) is 167 Å². The molecule has 4 aromatic heterocycles. The minimum absolute atomic E-state index is 0.629. The van der Waals surface area contributed by atoms with E-state index in [0.717, 1.165) is 71.6 Å². The van der Waals surface area contributed by atoms with Crippen molar-refractivity contribution >= 4 is 98.0 Å². The van der Waals surface area contributed by atoms with Gasteiger partial charge in [-0.1, -0.05) is 115 Å². The van der Waals surface area contributed by atoms with Crippen LogP contribution in [0.25, 0.3) is 132 Å². The molecule has 4 heterocycles. The van der Waals surface area contributed by atoms with Gasteiger partial charge in [-0.15, -0.1) is 0 Å². The molecule has 1 aliphatic rings. The fraction of sp³-hybridized carbons (Fsp3) is 0. The number of nitrogens with zero attached hydrogens (tertiary/aromatic N) is 4. The Balaban J connectivity index is 1.18. The number of hydrogen-bond donors (Lipinski definition) is 0. The Hall–Kier alpha value is -7.76. The Kier molecular flexibility index (Phi) is 5.45. The van der Waals surface area contributed by atoms with Gasteiger partial charge in [0, 0.05) is 54.3 Å². The van der Waals surface area contributed by atoms with Crippen molar-refractivity contribution in [3.8, 4) is 34.0 Å². The van der Waals surface area contributed by atoms with E-state index in [1.54, 1.807) is 0 Å². The molecule has 0 N–H and O–H groups in total. The molecule has 0 spiro atoms. The van der Waals surface area contributed by atoms with Crippen LogP contribution in [0.2, 0.25) is 0 Å². The topological polar surface area (TPSA) is 48.8 Å². The summed E-state index contributed by atoms with van der Waals surface area (Å²) >= 11 is 0. The molecule has 57 heavy (non-hydrogen) atoms. The molecule has 9 aromatic carbocycles. The molecule has 0 saturated heterocycles. The first kappa shape index (κ1) is 29.6. The number of fused-ring (bicyclic) bond motifs is 7. The fourth-order valence-electron chi connectivity index (χ4n) is 10.1. The van der Waals surface area contributed by atoms with Crippen LogP contribution in [0, 0.1) is 0 Å². The van der Waals surface area contributed by atoms with Crippen LogP contribution in [-0.4, -0.2) is 19.1 Å². The highest BCUT2D eigenvalue weighted by molar-refractivity contribution is 6.39. The molecule has 0 saturated carbocycles. The van der Waals surface area contributed by atoms with Gasteiger partial charge in [-0.2, -0.15) is 0 Å². The maximum absolute atomic E-state index is 6.65. The van der Waals surface area contributed by atoms with Gasteiger partial charge in [-0.25, -0.2) is 9.97 Å². The summed E-state index contributed by atoms with van der Waals surface area (Å²) in [4.78, 5) is 11.2. The zero-order chi connectivity index (χ0) is 36.9. The third-order valence-corrected chi connectivity index (χ3v) is 12.4. The molecule has 13 aromatic rings. The van der Waals surface area contributed by atoms with Crippen LogP contribution in [0.3, 0.4) is 0 Å². The number of furan rings is 1. The van der Waals surface area contributed by atoms with Crippen LogP contribution in [0.4, 0.5) is 0 Å². The maximum Gasteiger partial charge on any atom is 0.235 e. The number of aromatic nitrogens is 4. The first-order chi connectivity index (χ1) is 28.3. The van der Waals surface area contributed by atoms with Gasteiger partial charge in [-0.05, 0) is 81.9 Å². The minimum atomic E-state index is 0.629. The molecule has 0 radical (unpaired) electrons. The van der Waals surface area contributed by atoms with E-state index in [1.165, 1.54) is 54.5 Å². The molecule has 0 aliphatic heterocycles. The van der Waals surface area contributed by atoms with Crippen molar-refractivity contribution in [3.05, 3.63) is 170 Å². The predicted octanol–water partition coefficient (Wildman–Crippen LogP) is 13.7. The van der Waals surface area contributed by atoms with E-state index in [4.69, 9.17) is 14.4 Å². The number of hydrogen-bond acceptors (Lipinski definition) is 3. The van der Waals surface area contributed by atoms with Crippen LogP contribution in [0.1, 0.15) is 0 Å². The average molecular weight is 725 g/mol. The second kappa shape index (κ2) is 10.5. The van der Waals surface area contributed by atoms with Gasteiger partial charge in [0.05, 0.1) is 33.3 Å². The molecular weight excluding hydrogens is 697 g/mol. The summed E-state index contributed by atoms with van der Waals surface area (Å²) in [7, 11) is 0. The monoisotopic (exact) mass is 724 g/mol. The summed E-state index contributed by atoms with van der Waals surface area (Å²) in [6.45, 7) is 0. The van der Waals surface area contributed by atoms with E-state index in [9.17, 15) is 0 Å². The van der Waals surface area contributed by atoms with Crippen molar-refractivity contribution < 1.29 is 4.42 Å². The zero-order valence-corrected chi connectivity index (χ0v) is 30.4. The Labute approximate surface area is 324 Å². The van der Waals surface area contributed by atoms with E-state index >= 15 is 0 Å². The Morgan fingerprint density at radius 2 is 0.982 bits per heavy atom. The molecular formula is C52H28N4O. The van der Waals surface area contributed by atoms with Crippen LogP contribution in [0.5, 0.6) is 0 Å². The summed E-state index contributed by atoms with van der Waals surface area (Å²) in [6.07, 6.45) is 0. The predicted molar refractivity (Wildman–Crippen MR) is 235 cm³/mol. The van der Waals surface area contributed by atoms with Crippen molar-refractivity contribution in [1.82, 2.24) is 19.1 Å². The highest BCUT2D eigenvalue weighted by atomic mass is 16.3. The molecule has 5 nitrogen and oxygen atoms in total. The van der Waals surface area contributed by atoms with Crippen molar-refractivity contribution in [2.45, 2.75) is 0 Å². The third kappa shape index (κ3) is 3.69. The summed E-state index contributed by atoms with van der Waals surface area (Å²) < 4.78 is 11.4. The SMILES string of the molecule is c1ccc(-n2c3ccc4cccc5c4c3c3c4c6c-5cccc6n(-c5nc(-c6cccc7c6oc6ccccc67)c6ccc7ccccc7c6n5)c4ccc32)cc1. The van der Waals surface area contributed by atoms with E-state index in [-0.39, 0.29) is 0 Å². The standard InChI is InChI=1S/C52H28N4O/c1-2-13-31(14-3-1)55-40-26-24-30-12-8-17-34-35-18-10-21-39-45(35)47-42(28-27-41(55)48(47)46(40)44(30)34)56(39)52-53-49-32-15-5-4-11-29(32)23-25-37(49)50(54-52)38-20-9-19-36-33-16-6-7-22-43(33)57-51(36)38/h1-28H. The van der Waals surface area contributed by atoms with E-state index in [0.29, 0.717) is 5.95 Å². The Bertz CT molecular complexity index is 3920. The van der Waals surface area contributed by atoms with Crippen molar-refractivity contribution in [1.29, 1.82) is 0 Å². The summed E-state index contributed by atoms with van der Waals surface area (Å²) in [6, 6.07) is 60.9. The van der Waals surface area contributed by atoms with Crippen LogP contribution >= 0.6 is 0 Å². The fourth-order valence-corrected chi connectivity index (χ4v) is 10.1. The zero-order valence-electron chi connectivity index (χ0n) is 30.4. The summed E-state index contributed by atoms with van der Waals surface area (Å²) in [5.41, 5.74) is 12.5. The first-order valence-electron chi connectivity index (χ1n) is 19.4. The van der Waals surface area contributed by atoms with Crippen molar-refractivity contribution in [3.63, 3.8) is 0 Å². The average Bonchev–Trinajstić information content (AvgIpc) is 3.91. The van der Waals surface area contributed by atoms with E-state index in [1.807, 2.05) is 12.1 Å². The second-order valence-corrected chi connectivity index (χ2v) is 15.3. The molecule has 0 atom stereocenters. The van der Waals surface area contributed by atoms with Gasteiger partial charge in [-0.3, -0.25) is 4.57 Å². The van der Waals surface area contributed by atoms with Crippen LogP contribution in [-0.2, 0) is 0 Å². The number of para-hydroxylation sites is 3. The molecule has 14 rings (SSSR count). The second-order valence-electron chi connectivity index (χ2n) is 15.3. The summed E-state index contributed by atoms with van der Waals surface area (Å²) in [5.74, 6) is 0.629. The lowest BCUT2D eigenvalue weighted by molar-refractivity contribution is 0.670. The highest BCUT2D eigenvalue weighted by Gasteiger charge is 2.28. The molecule has 0 fully saturated rings. The van der Waals surface area contributed by atoms with Gasteiger partial charge in [0.25, 0.3) is 0 Å². The minimum Gasteiger partial charge on any atom is -0.455 e. The van der Waals surface area contributed by atoms with Crippen molar-refractivity contribution in [2.24, 2.45) is 0 Å². The number of benzene rings is 9. The van der Waals surface area contributed by atoms with Crippen molar-refractivity contribution in [2.75, 3.05) is 0 Å². The van der Waals surface area contributed by atoms with Gasteiger partial charge >= 0.3 is 0 Å². The van der Waals surface area contributed by atoms with Gasteiger partial charge in [0.1, 0.15) is 11.2 Å². The molecule has 262 valence electrons. The van der Waals surface area contributed by atoms with E-state index < -0.39 is 0 Å². The molecule has 1 aliphatic carbocycles. The smallest absolute Gasteiger partial charge is 0.235 e. The largest absolute Gasteiger partial charge is 0.455 e. The molecule has 0 unspecified atom stereocenters. The lowest BCUT2D eigenvalue weighted by atomic mass is 9.95. The molecule has 0 amide bonds. The van der Waals surface area contributed by atoms with Gasteiger partial charge < -0.3 is 8.98 Å². The summed E-state index contributed by atoms with van der Waals surface area (Å²) in [5, 5.41) is 12.9. The normalized spacial score (nSPS) is 12.6. The first-order valence-corrected chi connectivity index (χ1v) is 19.4. The maximum atomic E-state index is 6.65. The van der Waals surface area contributed by atoms with Gasteiger partial charge in [0.2, 0.25) is 5.95 Å². The Morgan fingerprint density at radius 3 is 1.88 bits per heavy atom. The highest BCUT2D eigenvalue weighted by Crippen LogP contribution is 2.51. The Morgan fingerprint density at radius 1 is 0.368 bits per heavy atom. The lowest BCUT2D eigenvalue weighted by Gasteiger charge is -2.14. The van der Waals surface area contributed by atoms with Crippen LogP contribution in [0.15, 0.2) is 174 Å². The molecule has 0 bridgehead atoms. The quantitative estimate of drug-likeness (QED) is 0.170. The third-order valence-electron chi connectivity index (χ3n) is 12.4. The number of rotatable bonds is 3. The van der Waals surface area contributed by atoms with Gasteiger partial charge in [0.15, 0.2) is 0 Å². The molecule has 5 heteroatoms. The van der Waals surface area contributed by atoms with Crippen LogP contribution < -0.4 is 0 Å². The lowest BCUT2D eigenvalue weighted by Crippen LogP contribution is -2.04.